The minimum Gasteiger partial charge on any atom is -0.507 e. The molecule has 1 amide bonds. The van der Waals surface area contributed by atoms with Crippen LogP contribution in [-0.4, -0.2) is 40.6 Å². The average molecular weight is 346 g/mol. The van der Waals surface area contributed by atoms with E-state index in [0.29, 0.717) is 18.7 Å². The predicted octanol–water partition coefficient (Wildman–Crippen LogP) is 2.74. The minimum atomic E-state index is -0.845. The maximum Gasteiger partial charge on any atom is 0.266 e. The third-order valence-electron chi connectivity index (χ3n) is 6.03. The number of hydrogen-bond acceptors (Lipinski definition) is 4. The van der Waals surface area contributed by atoms with Gasteiger partial charge in [0.15, 0.2) is 5.60 Å². The van der Waals surface area contributed by atoms with E-state index in [9.17, 15) is 9.90 Å². The van der Waals surface area contributed by atoms with E-state index in [1.54, 1.807) is 0 Å². The fourth-order valence-corrected chi connectivity index (χ4v) is 4.06. The second-order valence-electron chi connectivity index (χ2n) is 7.85. The van der Waals surface area contributed by atoms with Gasteiger partial charge in [0.2, 0.25) is 0 Å². The molecule has 0 aromatic heterocycles. The molecule has 2 unspecified atom stereocenters. The zero-order valence-corrected chi connectivity index (χ0v) is 15.8. The summed E-state index contributed by atoms with van der Waals surface area (Å²) in [5.74, 6) is 1.19. The maximum absolute atomic E-state index is 13.2. The van der Waals surface area contributed by atoms with Crippen LogP contribution in [0.1, 0.15) is 54.9 Å². The standard InChI is InChI=1S/C20H30N2O3/c1-12-13(2)18-16(14(3)17(12)23)7-9-20(4,25-18)19(24)22-10-5-6-15(21)8-11-22/h15,23H,5-11,21H2,1-4H3. The molecule has 5 nitrogen and oxygen atoms in total. The van der Waals surface area contributed by atoms with Crippen molar-refractivity contribution in [2.24, 2.45) is 5.73 Å². The molecule has 0 spiro atoms. The number of nitrogens with two attached hydrogens (primary N) is 1. The molecule has 3 rings (SSSR count). The monoisotopic (exact) mass is 346 g/mol. The summed E-state index contributed by atoms with van der Waals surface area (Å²) in [5.41, 5.74) is 8.85. The summed E-state index contributed by atoms with van der Waals surface area (Å²) in [6.45, 7) is 9.13. The molecule has 1 saturated heterocycles. The average Bonchev–Trinajstić information content (AvgIpc) is 2.82. The lowest BCUT2D eigenvalue weighted by atomic mass is 9.86. The van der Waals surface area contributed by atoms with Crippen molar-refractivity contribution in [1.29, 1.82) is 0 Å². The van der Waals surface area contributed by atoms with E-state index >= 15 is 0 Å². The van der Waals surface area contributed by atoms with Gasteiger partial charge in [0.25, 0.3) is 5.91 Å². The first-order valence-corrected chi connectivity index (χ1v) is 9.30. The Morgan fingerprint density at radius 2 is 1.92 bits per heavy atom. The van der Waals surface area contributed by atoms with Crippen molar-refractivity contribution in [3.05, 3.63) is 22.3 Å². The number of benzene rings is 1. The van der Waals surface area contributed by atoms with Gasteiger partial charge in [-0.25, -0.2) is 0 Å². The Labute approximate surface area is 150 Å². The van der Waals surface area contributed by atoms with Crippen LogP contribution in [0, 0.1) is 20.8 Å². The van der Waals surface area contributed by atoms with E-state index in [1.165, 1.54) is 0 Å². The molecule has 2 aliphatic rings. The molecule has 1 fully saturated rings. The molecule has 5 heteroatoms. The van der Waals surface area contributed by atoms with Crippen molar-refractivity contribution in [3.63, 3.8) is 0 Å². The molecule has 138 valence electrons. The first-order valence-electron chi connectivity index (χ1n) is 9.30. The van der Waals surface area contributed by atoms with Crippen molar-refractivity contribution in [1.82, 2.24) is 4.90 Å². The van der Waals surface area contributed by atoms with Gasteiger partial charge >= 0.3 is 0 Å². The summed E-state index contributed by atoms with van der Waals surface area (Å²) in [5, 5.41) is 10.3. The van der Waals surface area contributed by atoms with Crippen LogP contribution in [0.15, 0.2) is 0 Å². The van der Waals surface area contributed by atoms with E-state index in [1.807, 2.05) is 32.6 Å². The van der Waals surface area contributed by atoms with E-state index in [-0.39, 0.29) is 11.9 Å². The molecule has 0 bridgehead atoms. The number of amides is 1. The minimum absolute atomic E-state index is 0.0648. The van der Waals surface area contributed by atoms with Crippen molar-refractivity contribution >= 4 is 5.91 Å². The molecule has 0 radical (unpaired) electrons. The molecule has 0 aliphatic carbocycles. The Bertz CT molecular complexity index is 701. The van der Waals surface area contributed by atoms with Crippen molar-refractivity contribution in [2.75, 3.05) is 13.1 Å². The molecule has 2 atom stereocenters. The second-order valence-corrected chi connectivity index (χ2v) is 7.85. The van der Waals surface area contributed by atoms with Crippen LogP contribution in [0.2, 0.25) is 0 Å². The fraction of sp³-hybridized carbons (Fsp3) is 0.650. The number of carbonyl (C=O) groups is 1. The van der Waals surface area contributed by atoms with Crippen LogP contribution in [-0.2, 0) is 11.2 Å². The lowest BCUT2D eigenvalue weighted by Crippen LogP contribution is -2.53. The molecule has 1 aromatic rings. The van der Waals surface area contributed by atoms with Gasteiger partial charge in [0.1, 0.15) is 11.5 Å². The Morgan fingerprint density at radius 3 is 2.64 bits per heavy atom. The number of aromatic hydroxyl groups is 1. The topological polar surface area (TPSA) is 75.8 Å². The Hall–Kier alpha value is -1.75. The number of likely N-dealkylation sites (tertiary alicyclic amines) is 1. The van der Waals surface area contributed by atoms with Gasteiger partial charge in [-0.05, 0) is 70.1 Å². The predicted molar refractivity (Wildman–Crippen MR) is 98.1 cm³/mol. The van der Waals surface area contributed by atoms with Crippen LogP contribution >= 0.6 is 0 Å². The number of ether oxygens (including phenoxy) is 1. The quantitative estimate of drug-likeness (QED) is 0.820. The van der Waals surface area contributed by atoms with Gasteiger partial charge in [0.05, 0.1) is 0 Å². The molecular weight excluding hydrogens is 316 g/mol. The molecular formula is C20H30N2O3. The number of rotatable bonds is 1. The number of hydrogen-bond donors (Lipinski definition) is 2. The first-order chi connectivity index (χ1) is 11.7. The van der Waals surface area contributed by atoms with Crippen molar-refractivity contribution in [2.45, 2.75) is 71.4 Å². The highest BCUT2D eigenvalue weighted by atomic mass is 16.5. The highest BCUT2D eigenvalue weighted by Gasteiger charge is 2.43. The zero-order chi connectivity index (χ0) is 18.4. The first kappa shape index (κ1) is 18.1. The van der Waals surface area contributed by atoms with E-state index < -0.39 is 5.60 Å². The summed E-state index contributed by atoms with van der Waals surface area (Å²) in [7, 11) is 0. The Kier molecular flexibility index (Phi) is 4.71. The summed E-state index contributed by atoms with van der Waals surface area (Å²) < 4.78 is 6.32. The van der Waals surface area contributed by atoms with Crippen LogP contribution in [0.25, 0.3) is 0 Å². The number of nitrogens with zero attached hydrogens (tertiary/aromatic N) is 1. The molecule has 25 heavy (non-hydrogen) atoms. The van der Waals surface area contributed by atoms with Gasteiger partial charge in [-0.15, -0.1) is 0 Å². The van der Waals surface area contributed by atoms with E-state index in [0.717, 1.165) is 60.2 Å². The largest absolute Gasteiger partial charge is 0.507 e. The van der Waals surface area contributed by atoms with Gasteiger partial charge in [0, 0.05) is 31.1 Å². The maximum atomic E-state index is 13.2. The van der Waals surface area contributed by atoms with Gasteiger partial charge < -0.3 is 20.5 Å². The normalized spacial score (nSPS) is 26.6. The van der Waals surface area contributed by atoms with E-state index in [2.05, 4.69) is 0 Å². The third-order valence-corrected chi connectivity index (χ3v) is 6.03. The highest BCUT2D eigenvalue weighted by molar-refractivity contribution is 5.86. The Balaban J connectivity index is 1.89. The summed E-state index contributed by atoms with van der Waals surface area (Å²) in [6, 6.07) is 0.189. The lowest BCUT2D eigenvalue weighted by Gasteiger charge is -2.39. The molecule has 2 heterocycles. The fourth-order valence-electron chi connectivity index (χ4n) is 4.06. The summed E-state index contributed by atoms with van der Waals surface area (Å²) in [4.78, 5) is 15.1. The van der Waals surface area contributed by atoms with Gasteiger partial charge in [-0.2, -0.15) is 0 Å². The van der Waals surface area contributed by atoms with Gasteiger partial charge in [-0.1, -0.05) is 0 Å². The van der Waals surface area contributed by atoms with Gasteiger partial charge in [-0.3, -0.25) is 4.79 Å². The van der Waals surface area contributed by atoms with Crippen LogP contribution in [0.3, 0.4) is 0 Å². The Morgan fingerprint density at radius 1 is 1.20 bits per heavy atom. The lowest BCUT2D eigenvalue weighted by molar-refractivity contribution is -0.148. The van der Waals surface area contributed by atoms with Crippen LogP contribution in [0.5, 0.6) is 11.5 Å². The number of carbonyl (C=O) groups excluding carboxylic acids is 1. The highest BCUT2D eigenvalue weighted by Crippen LogP contribution is 2.43. The van der Waals surface area contributed by atoms with Crippen molar-refractivity contribution < 1.29 is 14.6 Å². The second kappa shape index (κ2) is 6.52. The van der Waals surface area contributed by atoms with Crippen molar-refractivity contribution in [3.8, 4) is 11.5 Å². The number of phenols is 1. The number of phenolic OH excluding ortho intramolecular Hbond substituents is 1. The SMILES string of the molecule is Cc1c(C)c2c(c(C)c1O)CCC(C)(C(=O)N1CCCC(N)CC1)O2. The molecule has 3 N–H and O–H groups in total. The number of fused-ring (bicyclic) bond motifs is 1. The third kappa shape index (κ3) is 3.10. The van der Waals surface area contributed by atoms with Crippen LogP contribution < -0.4 is 10.5 Å². The molecule has 2 aliphatic heterocycles. The molecule has 0 saturated carbocycles. The summed E-state index contributed by atoms with van der Waals surface area (Å²) >= 11 is 0. The zero-order valence-electron chi connectivity index (χ0n) is 15.8. The molecule has 1 aromatic carbocycles. The van der Waals surface area contributed by atoms with E-state index in [4.69, 9.17) is 10.5 Å². The smallest absolute Gasteiger partial charge is 0.266 e. The summed E-state index contributed by atoms with van der Waals surface area (Å²) in [6.07, 6.45) is 4.14. The van der Waals surface area contributed by atoms with Crippen LogP contribution in [0.4, 0.5) is 0 Å².